The molecule has 0 unspecified atom stereocenters. The summed E-state index contributed by atoms with van der Waals surface area (Å²) in [6.45, 7) is 2.36. The molecule has 1 aliphatic rings. The van der Waals surface area contributed by atoms with Crippen molar-refractivity contribution in [2.75, 3.05) is 18.0 Å². The molecule has 66 valence electrons. The third-order valence-corrected chi connectivity index (χ3v) is 2.01. The number of hydrogen-bond donors (Lipinski definition) is 1. The summed E-state index contributed by atoms with van der Waals surface area (Å²) in [5.74, 6) is 0.511. The summed E-state index contributed by atoms with van der Waals surface area (Å²) in [7, 11) is 0. The highest BCUT2D eigenvalue weighted by Crippen LogP contribution is 2.17. The number of nitrogens with zero attached hydrogens (tertiary/aromatic N) is 3. The fraction of sp³-hybridized carbons (Fsp3) is 0.714. The molecule has 1 aromatic heterocycles. The van der Waals surface area contributed by atoms with Gasteiger partial charge in [0, 0.05) is 13.1 Å². The maximum Gasteiger partial charge on any atom is 0.318 e. The van der Waals surface area contributed by atoms with Crippen molar-refractivity contribution < 1.29 is 4.42 Å². The van der Waals surface area contributed by atoms with Crippen LogP contribution >= 0.6 is 0 Å². The van der Waals surface area contributed by atoms with Gasteiger partial charge < -0.3 is 15.1 Å². The molecule has 1 fully saturated rings. The lowest BCUT2D eigenvalue weighted by atomic mass is 10.4. The average Bonchev–Trinajstić information content (AvgIpc) is 2.75. The minimum Gasteiger partial charge on any atom is -0.407 e. The van der Waals surface area contributed by atoms with Crippen molar-refractivity contribution in [2.45, 2.75) is 19.4 Å². The molecule has 0 saturated carbocycles. The van der Waals surface area contributed by atoms with Gasteiger partial charge >= 0.3 is 6.01 Å². The second-order valence-electron chi connectivity index (χ2n) is 2.88. The van der Waals surface area contributed by atoms with Gasteiger partial charge in [0.1, 0.15) is 0 Å². The predicted molar refractivity (Wildman–Crippen MR) is 43.6 cm³/mol. The molecule has 0 aliphatic carbocycles. The molecule has 1 aromatic rings. The van der Waals surface area contributed by atoms with Crippen molar-refractivity contribution >= 4 is 6.01 Å². The van der Waals surface area contributed by atoms with Gasteiger partial charge in [0.2, 0.25) is 5.89 Å². The van der Waals surface area contributed by atoms with Crippen molar-refractivity contribution in [1.29, 1.82) is 0 Å². The molecule has 2 N–H and O–H groups in total. The molecule has 1 aliphatic heterocycles. The van der Waals surface area contributed by atoms with Crippen molar-refractivity contribution in [2.24, 2.45) is 5.73 Å². The van der Waals surface area contributed by atoms with Gasteiger partial charge in [0.05, 0.1) is 6.54 Å². The van der Waals surface area contributed by atoms with Crippen LogP contribution in [0, 0.1) is 0 Å². The second kappa shape index (κ2) is 3.10. The zero-order valence-electron chi connectivity index (χ0n) is 6.86. The van der Waals surface area contributed by atoms with E-state index in [1.54, 1.807) is 0 Å². The molecule has 0 bridgehead atoms. The normalized spacial score (nSPS) is 17.2. The van der Waals surface area contributed by atoms with Crippen LogP contribution in [0.15, 0.2) is 4.42 Å². The van der Waals surface area contributed by atoms with Crippen LogP contribution in [0.4, 0.5) is 6.01 Å². The Bertz CT molecular complexity index is 254. The summed E-state index contributed by atoms with van der Waals surface area (Å²) in [4.78, 5) is 2.09. The number of hydrogen-bond acceptors (Lipinski definition) is 5. The Labute approximate surface area is 70.6 Å². The van der Waals surface area contributed by atoms with Gasteiger partial charge in [-0.15, -0.1) is 5.10 Å². The Morgan fingerprint density at radius 3 is 2.67 bits per heavy atom. The smallest absolute Gasteiger partial charge is 0.318 e. The van der Waals surface area contributed by atoms with Crippen molar-refractivity contribution in [3.63, 3.8) is 0 Å². The molecule has 0 radical (unpaired) electrons. The first-order valence-corrected chi connectivity index (χ1v) is 4.17. The van der Waals surface area contributed by atoms with Gasteiger partial charge in [0.15, 0.2) is 0 Å². The van der Waals surface area contributed by atoms with Crippen LogP contribution in [-0.2, 0) is 6.54 Å². The Morgan fingerprint density at radius 1 is 1.33 bits per heavy atom. The van der Waals surface area contributed by atoms with Gasteiger partial charge in [-0.1, -0.05) is 5.10 Å². The fourth-order valence-corrected chi connectivity index (χ4v) is 1.36. The van der Waals surface area contributed by atoms with E-state index in [2.05, 4.69) is 15.1 Å². The molecule has 5 heteroatoms. The summed E-state index contributed by atoms with van der Waals surface area (Å²) in [6.07, 6.45) is 2.42. The van der Waals surface area contributed by atoms with E-state index in [1.165, 1.54) is 12.8 Å². The van der Waals surface area contributed by atoms with Crippen LogP contribution in [0.1, 0.15) is 18.7 Å². The van der Waals surface area contributed by atoms with Gasteiger partial charge in [-0.05, 0) is 12.8 Å². The molecule has 2 heterocycles. The third kappa shape index (κ3) is 1.27. The van der Waals surface area contributed by atoms with E-state index in [0.717, 1.165) is 13.1 Å². The lowest BCUT2D eigenvalue weighted by Crippen LogP contribution is -2.17. The Morgan fingerprint density at radius 2 is 2.08 bits per heavy atom. The van der Waals surface area contributed by atoms with E-state index in [1.807, 2.05) is 0 Å². The molecular formula is C7H12N4O. The molecule has 0 aromatic carbocycles. The van der Waals surface area contributed by atoms with Gasteiger partial charge in [-0.2, -0.15) is 0 Å². The molecular weight excluding hydrogens is 156 g/mol. The summed E-state index contributed by atoms with van der Waals surface area (Å²) in [6, 6.07) is 0.618. The highest BCUT2D eigenvalue weighted by atomic mass is 16.4. The fourth-order valence-electron chi connectivity index (χ4n) is 1.36. The number of nitrogens with two attached hydrogens (primary N) is 1. The molecule has 0 spiro atoms. The predicted octanol–water partition coefficient (Wildman–Crippen LogP) is 0.128. The molecule has 1 saturated heterocycles. The van der Waals surface area contributed by atoms with Crippen LogP contribution in [0.3, 0.4) is 0 Å². The Kier molecular flexibility index (Phi) is 1.95. The van der Waals surface area contributed by atoms with E-state index in [4.69, 9.17) is 10.2 Å². The summed E-state index contributed by atoms with van der Waals surface area (Å²) in [5, 5.41) is 7.69. The number of anilines is 1. The van der Waals surface area contributed by atoms with Crippen LogP contribution in [0.25, 0.3) is 0 Å². The summed E-state index contributed by atoms with van der Waals surface area (Å²) in [5.41, 5.74) is 5.35. The van der Waals surface area contributed by atoms with E-state index in [9.17, 15) is 0 Å². The lowest BCUT2D eigenvalue weighted by molar-refractivity contribution is 0.492. The highest BCUT2D eigenvalue weighted by Gasteiger charge is 2.17. The largest absolute Gasteiger partial charge is 0.407 e. The van der Waals surface area contributed by atoms with E-state index < -0.39 is 0 Å². The standard InChI is InChI=1S/C7H12N4O/c8-5-6-9-10-7(12-6)11-3-1-2-4-11/h1-5,8H2. The number of rotatable bonds is 2. The van der Waals surface area contributed by atoms with E-state index >= 15 is 0 Å². The Balaban J connectivity index is 2.11. The van der Waals surface area contributed by atoms with Gasteiger partial charge in [-0.25, -0.2) is 0 Å². The van der Waals surface area contributed by atoms with Gasteiger partial charge in [0.25, 0.3) is 0 Å². The first-order valence-electron chi connectivity index (χ1n) is 4.17. The molecule has 0 amide bonds. The SMILES string of the molecule is NCc1nnc(N2CCCC2)o1. The zero-order chi connectivity index (χ0) is 8.39. The van der Waals surface area contributed by atoms with E-state index in [-0.39, 0.29) is 0 Å². The maximum absolute atomic E-state index is 5.35. The minimum atomic E-state index is 0.320. The topological polar surface area (TPSA) is 68.2 Å². The van der Waals surface area contributed by atoms with E-state index in [0.29, 0.717) is 18.5 Å². The van der Waals surface area contributed by atoms with Crippen molar-refractivity contribution in [1.82, 2.24) is 10.2 Å². The second-order valence-corrected chi connectivity index (χ2v) is 2.88. The molecule has 2 rings (SSSR count). The first-order chi connectivity index (χ1) is 5.90. The summed E-state index contributed by atoms with van der Waals surface area (Å²) < 4.78 is 5.30. The Hall–Kier alpha value is -1.10. The quantitative estimate of drug-likeness (QED) is 0.679. The monoisotopic (exact) mass is 168 g/mol. The van der Waals surface area contributed by atoms with Crippen LogP contribution in [0.5, 0.6) is 0 Å². The average molecular weight is 168 g/mol. The maximum atomic E-state index is 5.35. The van der Waals surface area contributed by atoms with Gasteiger partial charge in [-0.3, -0.25) is 0 Å². The molecule has 5 nitrogen and oxygen atoms in total. The molecule has 0 atom stereocenters. The highest BCUT2D eigenvalue weighted by molar-refractivity contribution is 5.25. The molecule has 12 heavy (non-hydrogen) atoms. The van der Waals surface area contributed by atoms with Crippen LogP contribution < -0.4 is 10.6 Å². The van der Waals surface area contributed by atoms with Crippen LogP contribution in [-0.4, -0.2) is 23.3 Å². The minimum absolute atomic E-state index is 0.320. The summed E-state index contributed by atoms with van der Waals surface area (Å²) >= 11 is 0. The number of aromatic nitrogens is 2. The van der Waals surface area contributed by atoms with Crippen molar-refractivity contribution in [3.05, 3.63) is 5.89 Å². The lowest BCUT2D eigenvalue weighted by Gasteiger charge is -2.09. The van der Waals surface area contributed by atoms with Crippen molar-refractivity contribution in [3.8, 4) is 0 Å². The first kappa shape index (κ1) is 7.54. The zero-order valence-corrected chi connectivity index (χ0v) is 6.86. The third-order valence-electron chi connectivity index (χ3n) is 2.01. The van der Waals surface area contributed by atoms with Crippen LogP contribution in [0.2, 0.25) is 0 Å².